The zero-order valence-corrected chi connectivity index (χ0v) is 15.3. The Bertz CT molecular complexity index is 497. The number of rotatable bonds is 12. The first-order valence-electron chi connectivity index (χ1n) is 9.36. The number of carbonyl (C=O) groups is 1. The van der Waals surface area contributed by atoms with E-state index in [1.165, 1.54) is 0 Å². The van der Waals surface area contributed by atoms with Crippen molar-refractivity contribution in [3.63, 3.8) is 0 Å². The van der Waals surface area contributed by atoms with Crippen LogP contribution in [0, 0.1) is 0 Å². The van der Waals surface area contributed by atoms with E-state index in [4.69, 9.17) is 4.74 Å². The average molecular weight is 344 g/mol. The predicted octanol–water partition coefficient (Wildman–Crippen LogP) is 5.19. The molecule has 0 bridgehead atoms. The monoisotopic (exact) mass is 344 g/mol. The summed E-state index contributed by atoms with van der Waals surface area (Å²) in [6, 6.07) is 0. The van der Waals surface area contributed by atoms with E-state index in [-0.39, 0.29) is 12.1 Å². The van der Waals surface area contributed by atoms with Gasteiger partial charge < -0.3 is 9.84 Å². The van der Waals surface area contributed by atoms with E-state index in [1.807, 2.05) is 12.2 Å². The van der Waals surface area contributed by atoms with E-state index in [0.29, 0.717) is 19.3 Å². The first-order chi connectivity index (χ1) is 12.2. The van der Waals surface area contributed by atoms with E-state index in [2.05, 4.69) is 55.5 Å². The van der Waals surface area contributed by atoms with Crippen molar-refractivity contribution in [1.29, 1.82) is 0 Å². The quantitative estimate of drug-likeness (QED) is 0.391. The largest absolute Gasteiger partial charge is 0.460 e. The highest BCUT2D eigenvalue weighted by molar-refractivity contribution is 5.71. The maximum absolute atomic E-state index is 11.0. The van der Waals surface area contributed by atoms with Crippen molar-refractivity contribution in [2.45, 2.75) is 70.5 Å². The molecule has 138 valence electrons. The van der Waals surface area contributed by atoms with Gasteiger partial charge in [-0.1, -0.05) is 67.7 Å². The number of hydrogen-bond donors (Lipinski definition) is 1. The minimum atomic E-state index is -0.583. The highest BCUT2D eigenvalue weighted by atomic mass is 16.6. The molecule has 1 heterocycles. The fourth-order valence-corrected chi connectivity index (χ4v) is 2.46. The Balaban J connectivity index is 2.01. The zero-order valence-electron chi connectivity index (χ0n) is 15.3. The van der Waals surface area contributed by atoms with Gasteiger partial charge >= 0.3 is 5.97 Å². The van der Waals surface area contributed by atoms with Gasteiger partial charge in [-0.2, -0.15) is 0 Å². The van der Waals surface area contributed by atoms with Crippen LogP contribution in [0.5, 0.6) is 0 Å². The molecule has 2 atom stereocenters. The van der Waals surface area contributed by atoms with Crippen molar-refractivity contribution in [3.8, 4) is 0 Å². The first kappa shape index (κ1) is 21.2. The highest BCUT2D eigenvalue weighted by Crippen LogP contribution is 2.19. The number of aliphatic hydroxyl groups excluding tert-OH is 1. The molecule has 1 N–H and O–H groups in total. The molecule has 0 aliphatic carbocycles. The van der Waals surface area contributed by atoms with Crippen LogP contribution in [0.1, 0.15) is 58.3 Å². The van der Waals surface area contributed by atoms with Gasteiger partial charge in [0.1, 0.15) is 6.10 Å². The van der Waals surface area contributed by atoms with Gasteiger partial charge in [0.2, 0.25) is 0 Å². The van der Waals surface area contributed by atoms with Crippen LogP contribution in [0.4, 0.5) is 0 Å². The van der Waals surface area contributed by atoms with Gasteiger partial charge in [-0.05, 0) is 44.9 Å². The highest BCUT2D eigenvalue weighted by Gasteiger charge is 2.28. The molecule has 1 aliphatic rings. The smallest absolute Gasteiger partial charge is 0.306 e. The summed E-state index contributed by atoms with van der Waals surface area (Å²) >= 11 is 0. The molecule has 3 nitrogen and oxygen atoms in total. The maximum Gasteiger partial charge on any atom is 0.306 e. The summed E-state index contributed by atoms with van der Waals surface area (Å²) in [5, 5.41) is 9.91. The van der Waals surface area contributed by atoms with Crippen LogP contribution in [0.2, 0.25) is 0 Å². The second-order valence-electron chi connectivity index (χ2n) is 6.08. The molecule has 0 saturated carbocycles. The lowest BCUT2D eigenvalue weighted by Gasteiger charge is -2.14. The summed E-state index contributed by atoms with van der Waals surface area (Å²) in [6.45, 7) is 2.14. The standard InChI is InChI=1S/C22H32O3/c1-2-3-4-5-6-7-8-9-10-11-12-13-14-15-16-17-20(23)21-18-19-22(24)25-21/h3-4,6-7,9-10,12-13,15-16,20-21,23H,2,5,8,11,14,17-19H2,1H3/b4-3-,7-6-,10-9-,13-12-,16-15-/t20-,21-/m1/s1. The molecule has 0 radical (unpaired) electrons. The van der Waals surface area contributed by atoms with Crippen molar-refractivity contribution < 1.29 is 14.6 Å². The first-order valence-corrected chi connectivity index (χ1v) is 9.36. The summed E-state index contributed by atoms with van der Waals surface area (Å²) in [4.78, 5) is 11.0. The number of ether oxygens (including phenoxy) is 1. The summed E-state index contributed by atoms with van der Waals surface area (Å²) in [5.74, 6) is -0.201. The maximum atomic E-state index is 11.0. The third-order valence-electron chi connectivity index (χ3n) is 3.88. The third-order valence-corrected chi connectivity index (χ3v) is 3.88. The summed E-state index contributed by atoms with van der Waals surface area (Å²) in [7, 11) is 0. The van der Waals surface area contributed by atoms with Gasteiger partial charge in [0.15, 0.2) is 0 Å². The van der Waals surface area contributed by atoms with Gasteiger partial charge in [0.05, 0.1) is 6.10 Å². The number of hydrogen-bond acceptors (Lipinski definition) is 3. The van der Waals surface area contributed by atoms with E-state index in [1.54, 1.807) is 0 Å². The number of carbonyl (C=O) groups excluding carboxylic acids is 1. The molecule has 0 spiro atoms. The zero-order chi connectivity index (χ0) is 18.2. The van der Waals surface area contributed by atoms with Crippen LogP contribution in [0.25, 0.3) is 0 Å². The summed E-state index contributed by atoms with van der Waals surface area (Å²) in [5.41, 5.74) is 0. The number of esters is 1. The van der Waals surface area contributed by atoms with Gasteiger partial charge in [-0.3, -0.25) is 4.79 Å². The molecular formula is C22H32O3. The Labute approximate surface area is 152 Å². The van der Waals surface area contributed by atoms with Crippen LogP contribution in [-0.4, -0.2) is 23.3 Å². The van der Waals surface area contributed by atoms with Crippen LogP contribution in [-0.2, 0) is 9.53 Å². The van der Waals surface area contributed by atoms with Crippen molar-refractivity contribution >= 4 is 5.97 Å². The van der Waals surface area contributed by atoms with Gasteiger partial charge in [-0.25, -0.2) is 0 Å². The summed E-state index contributed by atoms with van der Waals surface area (Å²) < 4.78 is 5.05. The molecule has 1 rings (SSSR count). The Morgan fingerprint density at radius 3 is 1.84 bits per heavy atom. The van der Waals surface area contributed by atoms with Crippen molar-refractivity contribution in [3.05, 3.63) is 60.8 Å². The summed E-state index contributed by atoms with van der Waals surface area (Å²) in [6.07, 6.45) is 26.9. The van der Waals surface area contributed by atoms with Gasteiger partial charge in [0, 0.05) is 6.42 Å². The SMILES string of the molecule is CC/C=C\C/C=C\C/C=C\C/C=C\C/C=C\C[C@@H](O)[C@H]1CCC(=O)O1. The number of allylic oxidation sites excluding steroid dienone is 9. The Morgan fingerprint density at radius 2 is 1.40 bits per heavy atom. The van der Waals surface area contributed by atoms with Gasteiger partial charge in [-0.15, -0.1) is 0 Å². The number of cyclic esters (lactones) is 1. The molecule has 1 fully saturated rings. The normalized spacial score (nSPS) is 20.1. The Morgan fingerprint density at radius 1 is 0.920 bits per heavy atom. The van der Waals surface area contributed by atoms with Crippen LogP contribution in [0.3, 0.4) is 0 Å². The molecule has 3 heteroatoms. The average Bonchev–Trinajstić information content (AvgIpc) is 3.04. The van der Waals surface area contributed by atoms with Gasteiger partial charge in [0.25, 0.3) is 0 Å². The lowest BCUT2D eigenvalue weighted by molar-refractivity contribution is -0.145. The minimum absolute atomic E-state index is 0.201. The molecule has 25 heavy (non-hydrogen) atoms. The van der Waals surface area contributed by atoms with Crippen LogP contribution < -0.4 is 0 Å². The minimum Gasteiger partial charge on any atom is -0.460 e. The number of aliphatic hydroxyl groups is 1. The molecule has 1 saturated heterocycles. The topological polar surface area (TPSA) is 46.5 Å². The second kappa shape index (κ2) is 14.5. The lowest BCUT2D eigenvalue weighted by atomic mass is 10.1. The third kappa shape index (κ3) is 11.3. The molecular weight excluding hydrogens is 312 g/mol. The van der Waals surface area contributed by atoms with E-state index in [9.17, 15) is 9.90 Å². The fraction of sp³-hybridized carbons (Fsp3) is 0.500. The lowest BCUT2D eigenvalue weighted by Crippen LogP contribution is -2.24. The molecule has 0 unspecified atom stereocenters. The Hall–Kier alpha value is -1.87. The van der Waals surface area contributed by atoms with Crippen molar-refractivity contribution in [1.82, 2.24) is 0 Å². The second-order valence-corrected chi connectivity index (χ2v) is 6.08. The van der Waals surface area contributed by atoms with E-state index < -0.39 is 6.10 Å². The molecule has 0 aromatic carbocycles. The fourth-order valence-electron chi connectivity index (χ4n) is 2.46. The van der Waals surface area contributed by atoms with E-state index >= 15 is 0 Å². The molecule has 0 aromatic heterocycles. The molecule has 0 amide bonds. The van der Waals surface area contributed by atoms with Crippen molar-refractivity contribution in [2.24, 2.45) is 0 Å². The molecule has 1 aliphatic heterocycles. The van der Waals surface area contributed by atoms with E-state index in [0.717, 1.165) is 32.1 Å². The van der Waals surface area contributed by atoms with Crippen LogP contribution in [0.15, 0.2) is 60.8 Å². The van der Waals surface area contributed by atoms with Crippen molar-refractivity contribution in [2.75, 3.05) is 0 Å². The molecule has 0 aromatic rings. The van der Waals surface area contributed by atoms with Crippen LogP contribution >= 0.6 is 0 Å². The Kier molecular flexibility index (Phi) is 12.3. The predicted molar refractivity (Wildman–Crippen MR) is 104 cm³/mol.